The Hall–Kier alpha value is -13.7. The van der Waals surface area contributed by atoms with E-state index in [9.17, 15) is 9.59 Å². The van der Waals surface area contributed by atoms with E-state index >= 15 is 0 Å². The summed E-state index contributed by atoms with van der Waals surface area (Å²) < 4.78 is 13.9. The molecule has 0 N–H and O–H groups in total. The second-order valence-corrected chi connectivity index (χ2v) is 49.6. The lowest BCUT2D eigenvalue weighted by atomic mass is 9.32. The van der Waals surface area contributed by atoms with Crippen molar-refractivity contribution >= 4 is 23.1 Å². The molecule has 0 spiro atoms. The molecule has 0 unspecified atom stereocenters. The van der Waals surface area contributed by atoms with Gasteiger partial charge in [-0.2, -0.15) is 0 Å². The number of carbonyl (C=O) groups excluding carboxylic acids is 2. The number of hydrogen-bond acceptors (Lipinski definition) is 5. The van der Waals surface area contributed by atoms with E-state index in [0.717, 1.165) is 127 Å². The number of Topliss-reactive ketones (excluding diaryl/α,β-unsaturated/α-hetero) is 1. The molecule has 147 heavy (non-hydrogen) atoms. The molecule has 16 bridgehead atoms. The molecule has 734 valence electrons. The lowest BCUT2D eigenvalue weighted by Crippen LogP contribution is -2.72. The summed E-state index contributed by atoms with van der Waals surface area (Å²) >= 11 is 0. The van der Waals surface area contributed by atoms with Crippen molar-refractivity contribution in [3.8, 4) is 5.75 Å². The smallest absolute Gasteiger partial charge is 0.311 e. The van der Waals surface area contributed by atoms with Gasteiger partial charge in [0.25, 0.3) is 0 Å². The van der Waals surface area contributed by atoms with Gasteiger partial charge in [-0.1, -0.05) is 449 Å². The number of esters is 1. The zero-order valence-corrected chi connectivity index (χ0v) is 85.7. The second kappa shape index (κ2) is 36.1. The highest BCUT2D eigenvalue weighted by atomic mass is 16.6. The summed E-state index contributed by atoms with van der Waals surface area (Å²) in [6.45, 7) is 5.92. The van der Waals surface area contributed by atoms with Crippen LogP contribution in [-0.4, -0.2) is 28.5 Å². The van der Waals surface area contributed by atoms with Crippen LogP contribution in [0.1, 0.15) is 252 Å². The maximum absolute atomic E-state index is 14.6. The van der Waals surface area contributed by atoms with Crippen molar-refractivity contribution in [3.63, 3.8) is 0 Å². The van der Waals surface area contributed by atoms with Crippen molar-refractivity contribution in [1.82, 2.24) is 0 Å². The third kappa shape index (κ3) is 16.4. The average Bonchev–Trinajstić information content (AvgIpc) is 0.647. The van der Waals surface area contributed by atoms with Crippen LogP contribution in [0.15, 0.2) is 485 Å². The monoisotopic (exact) mass is 1920 g/mol. The molecule has 16 fully saturated rings. The fourth-order valence-electron chi connectivity index (χ4n) is 36.0. The Kier molecular flexibility index (Phi) is 23.1. The molecular weight excluding hydrogens is 1780 g/mol. The van der Waals surface area contributed by atoms with Gasteiger partial charge >= 0.3 is 5.97 Å². The highest BCUT2D eigenvalue weighted by molar-refractivity contribution is 6.01. The van der Waals surface area contributed by atoms with Crippen molar-refractivity contribution in [2.45, 2.75) is 257 Å². The average molecular weight is 1920 g/mol. The molecule has 0 atom stereocenters. The zero-order chi connectivity index (χ0) is 99.4. The van der Waals surface area contributed by atoms with Crippen LogP contribution in [0.2, 0.25) is 0 Å². The molecule has 16 aromatic carbocycles. The van der Waals surface area contributed by atoms with E-state index < -0.39 is 11.0 Å². The quantitative estimate of drug-likeness (QED) is 0.0562. The van der Waals surface area contributed by atoms with Gasteiger partial charge in [0, 0.05) is 60.4 Å². The maximum Gasteiger partial charge on any atom is 0.311 e. The highest BCUT2D eigenvalue weighted by Gasteiger charge is 2.76. The fourth-order valence-corrected chi connectivity index (χ4v) is 36.0. The number of para-hydroxylation sites is 3. The topological polar surface area (TPSA) is 55.8 Å². The molecular formula is C142H137NO4. The Morgan fingerprint density at radius 3 is 0.571 bits per heavy atom. The summed E-state index contributed by atoms with van der Waals surface area (Å²) in [5, 5.41) is 0. The van der Waals surface area contributed by atoms with Crippen molar-refractivity contribution in [2.75, 3.05) is 4.90 Å². The molecule has 0 heterocycles. The van der Waals surface area contributed by atoms with E-state index in [2.05, 4.69) is 460 Å². The number of carbonyl (C=O) groups is 2. The predicted molar refractivity (Wildman–Crippen MR) is 597 cm³/mol. The Bertz CT molecular complexity index is 6710. The third-order valence-electron chi connectivity index (χ3n) is 38.8. The fraction of sp³-hybridized carbons (Fsp3) is 0.310. The van der Waals surface area contributed by atoms with Gasteiger partial charge < -0.3 is 14.4 Å². The number of rotatable bonds is 20. The molecule has 16 saturated carbocycles. The zero-order valence-electron chi connectivity index (χ0n) is 85.7. The Balaban J connectivity index is 0.000000102. The lowest BCUT2D eigenvalue weighted by molar-refractivity contribution is -0.208. The van der Waals surface area contributed by atoms with E-state index in [1.165, 1.54) is 117 Å². The standard InChI is InChI=1S/C40H37N.C35H32O.C34H32O.C33H36O2/c1-6-16-32(17-7-1)37-26-38(33-18-8-2-9-19-33)28-39(27-37,34-20-10-3-11-21-34)31-40(29-37,30-38)41(35-22-12-4-13-23-35)36-24-14-5-15-25-36;36-31(27-13-5-1-6-14-27)35-24-32(28-15-7-2-8-16-28)21-33(25-35,29-17-9-3-10-18-29)23-34(22-32,26-35)30-19-11-4-12-20-30;1-5-13-27(14-6-1)31-21-32(28-15-7-2-8-16-28)23-33(22-31,29-17-9-3-10-18-29)26-34(24-31,25-32)35-30-19-11-4-12-20-30;1-29(2,3)28(34)35-33-22-30(25-13-7-4-8-14-25)19-31(23-33,26-15-9-5-10-16-26)21-32(20-30,24-33)27-17-11-6-12-18-27/h1-25H,26-31H2;1-20H,21-26H2;1-20H,21-26H2;4-18H,19-24H2,1-3H3. The van der Waals surface area contributed by atoms with Gasteiger partial charge in [-0.05, 0) is 311 Å². The molecule has 0 amide bonds. The minimum Gasteiger partial charge on any atom is -0.487 e. The molecule has 16 aliphatic rings. The molecule has 5 heteroatoms. The van der Waals surface area contributed by atoms with E-state index in [4.69, 9.17) is 9.47 Å². The van der Waals surface area contributed by atoms with Crippen molar-refractivity contribution < 1.29 is 19.1 Å². The van der Waals surface area contributed by atoms with Gasteiger partial charge in [0.1, 0.15) is 17.0 Å². The van der Waals surface area contributed by atoms with Crippen LogP contribution in [0.25, 0.3) is 0 Å². The van der Waals surface area contributed by atoms with Crippen LogP contribution >= 0.6 is 0 Å². The molecule has 0 saturated heterocycles. The van der Waals surface area contributed by atoms with E-state index in [-0.39, 0.29) is 87.5 Å². The van der Waals surface area contributed by atoms with Crippen LogP contribution in [0.4, 0.5) is 11.4 Å². The van der Waals surface area contributed by atoms with E-state index in [1.54, 1.807) is 0 Å². The van der Waals surface area contributed by atoms with E-state index in [1.807, 2.05) is 51.1 Å². The molecule has 32 rings (SSSR count). The Morgan fingerprint density at radius 1 is 0.197 bits per heavy atom. The van der Waals surface area contributed by atoms with Crippen molar-refractivity contribution in [1.29, 1.82) is 0 Å². The summed E-state index contributed by atoms with van der Waals surface area (Å²) in [6.07, 6.45) is 26.2. The van der Waals surface area contributed by atoms with E-state index in [0.29, 0.717) is 5.78 Å². The first-order valence-electron chi connectivity index (χ1n) is 54.7. The first-order chi connectivity index (χ1) is 71.5. The first kappa shape index (κ1) is 94.3. The van der Waals surface area contributed by atoms with Crippen LogP contribution < -0.4 is 9.64 Å². The molecule has 0 radical (unpaired) electrons. The Morgan fingerprint density at radius 2 is 0.367 bits per heavy atom. The second-order valence-electron chi connectivity index (χ2n) is 49.6. The SMILES string of the molecule is CC(C)(C)C(=O)OC12CC3(c4ccccc4)CC(c4ccccc4)(C1)CC(c1ccccc1)(C2)C3.O=C(c1ccccc1)C12CC3(c4ccccc4)CC(c4ccccc4)(C1)CC(c1ccccc1)(C2)C3.c1ccc(N(c2ccccc2)C23CC4(c5ccccc5)CC(c5ccccc5)(CC(c5ccccc5)(C4)C2)C3)cc1.c1ccc(OC23CC4(c5ccccc5)CC(c5ccccc5)(C2)CC(c2ccccc2)(C3)C4)cc1. The largest absolute Gasteiger partial charge is 0.487 e. The summed E-state index contributed by atoms with van der Waals surface area (Å²) in [7, 11) is 0. The first-order valence-corrected chi connectivity index (χ1v) is 54.7. The van der Waals surface area contributed by atoms with Crippen molar-refractivity contribution in [2.24, 2.45) is 10.8 Å². The van der Waals surface area contributed by atoms with Crippen LogP contribution in [0, 0.1) is 10.8 Å². The number of nitrogens with zero attached hydrogens (tertiary/aromatic N) is 1. The minimum atomic E-state index is -0.525. The third-order valence-corrected chi connectivity index (χ3v) is 38.8. The number of benzene rings is 16. The highest BCUT2D eigenvalue weighted by Crippen LogP contribution is 2.79. The molecule has 0 aliphatic heterocycles. The maximum atomic E-state index is 14.6. The predicted octanol–water partition coefficient (Wildman–Crippen LogP) is 33.3. The summed E-state index contributed by atoms with van der Waals surface area (Å²) in [4.78, 5) is 30.8. The minimum absolute atomic E-state index is 0.0217. The summed E-state index contributed by atoms with van der Waals surface area (Å²) in [5.74, 6) is 1.28. The summed E-state index contributed by atoms with van der Waals surface area (Å²) in [6, 6.07) is 178. The van der Waals surface area contributed by atoms with Crippen LogP contribution in [-0.2, 0) is 74.5 Å². The molecule has 16 aliphatic carbocycles. The number of hydrogen-bond donors (Lipinski definition) is 0. The number of ether oxygens (including phenoxy) is 2. The normalized spacial score (nSPS) is 32.0. The van der Waals surface area contributed by atoms with Crippen LogP contribution in [0.5, 0.6) is 5.75 Å². The van der Waals surface area contributed by atoms with Crippen molar-refractivity contribution in [3.05, 3.63) is 558 Å². The van der Waals surface area contributed by atoms with Crippen LogP contribution in [0.3, 0.4) is 0 Å². The number of ketones is 1. The number of anilines is 2. The van der Waals surface area contributed by atoms with Gasteiger partial charge in [-0.3, -0.25) is 9.59 Å². The van der Waals surface area contributed by atoms with Gasteiger partial charge in [-0.15, -0.1) is 0 Å². The lowest BCUT2D eigenvalue weighted by Gasteiger charge is -2.73. The Labute approximate surface area is 871 Å². The van der Waals surface area contributed by atoms with Gasteiger partial charge in [0.2, 0.25) is 0 Å². The van der Waals surface area contributed by atoms with Gasteiger partial charge in [0.05, 0.1) is 5.41 Å². The molecule has 16 aromatic rings. The molecule has 0 aromatic heterocycles. The van der Waals surface area contributed by atoms with Gasteiger partial charge in [-0.25, -0.2) is 0 Å². The summed E-state index contributed by atoms with van der Waals surface area (Å²) in [5.41, 5.74) is 19.7. The van der Waals surface area contributed by atoms with Gasteiger partial charge in [0.15, 0.2) is 5.78 Å². The molecule has 5 nitrogen and oxygen atoms in total.